The molecule has 0 unspecified atom stereocenters. The van der Waals surface area contributed by atoms with E-state index in [-0.39, 0.29) is 18.2 Å². The molecule has 4 nitrogen and oxygen atoms in total. The Morgan fingerprint density at radius 1 is 1.26 bits per heavy atom. The Labute approximate surface area is 113 Å². The molecule has 1 aromatic rings. The van der Waals surface area contributed by atoms with E-state index in [1.165, 1.54) is 0 Å². The maximum absolute atomic E-state index is 12.4. The summed E-state index contributed by atoms with van der Waals surface area (Å²) in [6, 6.07) is 7.58. The summed E-state index contributed by atoms with van der Waals surface area (Å²) in [6.45, 7) is 3.25. The van der Waals surface area contributed by atoms with Crippen LogP contribution in [0, 0.1) is 12.8 Å². The Balaban J connectivity index is 1.96. The zero-order valence-electron chi connectivity index (χ0n) is 11.1. The number of amides is 1. The van der Waals surface area contributed by atoms with Gasteiger partial charge in [-0.3, -0.25) is 9.59 Å². The van der Waals surface area contributed by atoms with Crippen molar-refractivity contribution >= 4 is 11.9 Å². The second-order valence-corrected chi connectivity index (χ2v) is 5.15. The number of carboxylic acid groups (broad SMARTS) is 1. The minimum atomic E-state index is -0.747. The van der Waals surface area contributed by atoms with E-state index >= 15 is 0 Å². The van der Waals surface area contributed by atoms with E-state index in [4.69, 9.17) is 5.11 Å². The number of carbonyl (C=O) groups excluding carboxylic acids is 1. The predicted molar refractivity (Wildman–Crippen MR) is 72.1 cm³/mol. The molecule has 4 heteroatoms. The van der Waals surface area contributed by atoms with Crippen LogP contribution in [-0.4, -0.2) is 35.0 Å². The third kappa shape index (κ3) is 3.34. The maximum Gasteiger partial charge on any atom is 0.303 e. The molecule has 102 valence electrons. The standard InChI is InChI=1S/C15H19NO3/c1-11-4-2-3-5-13(11)15(19)16-8-6-12(7-9-16)10-14(17)18/h2-5,12H,6-10H2,1H3,(H,17,18). The number of benzene rings is 1. The van der Waals surface area contributed by atoms with Gasteiger partial charge in [0, 0.05) is 25.1 Å². The van der Waals surface area contributed by atoms with Crippen LogP contribution in [0.5, 0.6) is 0 Å². The second-order valence-electron chi connectivity index (χ2n) is 5.15. The molecule has 0 bridgehead atoms. The van der Waals surface area contributed by atoms with Crippen LogP contribution in [0.15, 0.2) is 24.3 Å². The molecule has 1 amide bonds. The van der Waals surface area contributed by atoms with Gasteiger partial charge in [-0.25, -0.2) is 0 Å². The second kappa shape index (κ2) is 5.87. The predicted octanol–water partition coefficient (Wildman–Crippen LogP) is 2.32. The minimum Gasteiger partial charge on any atom is -0.481 e. The van der Waals surface area contributed by atoms with Crippen molar-refractivity contribution in [2.24, 2.45) is 5.92 Å². The number of aryl methyl sites for hydroxylation is 1. The van der Waals surface area contributed by atoms with Crippen molar-refractivity contribution in [3.8, 4) is 0 Å². The Hall–Kier alpha value is -1.84. The molecule has 0 atom stereocenters. The first kappa shape index (κ1) is 13.6. The topological polar surface area (TPSA) is 57.6 Å². The summed E-state index contributed by atoms with van der Waals surface area (Å²) >= 11 is 0. The van der Waals surface area contributed by atoms with Crippen LogP contribution in [0.3, 0.4) is 0 Å². The number of aliphatic carboxylic acids is 1. The van der Waals surface area contributed by atoms with Gasteiger partial charge in [0.25, 0.3) is 5.91 Å². The molecular formula is C15H19NO3. The summed E-state index contributed by atoms with van der Waals surface area (Å²) in [5.74, 6) is -0.478. The van der Waals surface area contributed by atoms with Gasteiger partial charge < -0.3 is 10.0 Å². The number of likely N-dealkylation sites (tertiary alicyclic amines) is 1. The molecule has 1 N–H and O–H groups in total. The van der Waals surface area contributed by atoms with Crippen molar-refractivity contribution in [3.05, 3.63) is 35.4 Å². The van der Waals surface area contributed by atoms with Gasteiger partial charge in [0.15, 0.2) is 0 Å². The first-order valence-electron chi connectivity index (χ1n) is 6.64. The summed E-state index contributed by atoms with van der Waals surface area (Å²) < 4.78 is 0. The highest BCUT2D eigenvalue weighted by molar-refractivity contribution is 5.95. The van der Waals surface area contributed by atoms with Crippen LogP contribution < -0.4 is 0 Å². The van der Waals surface area contributed by atoms with Gasteiger partial charge in [-0.05, 0) is 37.3 Å². The fourth-order valence-corrected chi connectivity index (χ4v) is 2.57. The van der Waals surface area contributed by atoms with Gasteiger partial charge in [0.1, 0.15) is 0 Å². The molecule has 1 aromatic carbocycles. The van der Waals surface area contributed by atoms with E-state index in [9.17, 15) is 9.59 Å². The van der Waals surface area contributed by atoms with Gasteiger partial charge in [-0.2, -0.15) is 0 Å². The Morgan fingerprint density at radius 2 is 1.89 bits per heavy atom. The molecule has 1 saturated heterocycles. The number of hydrogen-bond donors (Lipinski definition) is 1. The summed E-state index contributed by atoms with van der Waals surface area (Å²) in [5, 5.41) is 8.77. The molecule has 1 heterocycles. The van der Waals surface area contributed by atoms with Crippen LogP contribution in [0.2, 0.25) is 0 Å². The third-order valence-corrected chi connectivity index (χ3v) is 3.74. The number of carbonyl (C=O) groups is 2. The maximum atomic E-state index is 12.4. The van der Waals surface area contributed by atoms with Crippen LogP contribution in [0.25, 0.3) is 0 Å². The fourth-order valence-electron chi connectivity index (χ4n) is 2.57. The molecule has 1 aliphatic heterocycles. The number of piperidine rings is 1. The molecule has 0 radical (unpaired) electrons. The van der Waals surface area contributed by atoms with Gasteiger partial charge in [-0.1, -0.05) is 18.2 Å². The highest BCUT2D eigenvalue weighted by Gasteiger charge is 2.25. The molecule has 0 aromatic heterocycles. The van der Waals surface area contributed by atoms with E-state index in [0.29, 0.717) is 13.1 Å². The number of carboxylic acids is 1. The Kier molecular flexibility index (Phi) is 4.20. The zero-order valence-corrected chi connectivity index (χ0v) is 11.1. The molecule has 0 saturated carbocycles. The van der Waals surface area contributed by atoms with Crippen molar-refractivity contribution in [3.63, 3.8) is 0 Å². The van der Waals surface area contributed by atoms with Crippen molar-refractivity contribution in [1.29, 1.82) is 0 Å². The highest BCUT2D eigenvalue weighted by Crippen LogP contribution is 2.22. The smallest absolute Gasteiger partial charge is 0.303 e. The SMILES string of the molecule is Cc1ccccc1C(=O)N1CCC(CC(=O)O)CC1. The molecule has 19 heavy (non-hydrogen) atoms. The van der Waals surface area contributed by atoms with Crippen LogP contribution in [0.1, 0.15) is 35.2 Å². The zero-order chi connectivity index (χ0) is 13.8. The highest BCUT2D eigenvalue weighted by atomic mass is 16.4. The average Bonchev–Trinajstić information content (AvgIpc) is 2.39. The normalized spacial score (nSPS) is 16.4. The van der Waals surface area contributed by atoms with E-state index in [0.717, 1.165) is 24.0 Å². The van der Waals surface area contributed by atoms with Gasteiger partial charge in [-0.15, -0.1) is 0 Å². The molecule has 1 aliphatic rings. The number of hydrogen-bond acceptors (Lipinski definition) is 2. The Bertz CT molecular complexity index is 476. The van der Waals surface area contributed by atoms with Gasteiger partial charge in [0.2, 0.25) is 0 Å². The molecule has 0 aliphatic carbocycles. The lowest BCUT2D eigenvalue weighted by molar-refractivity contribution is -0.138. The van der Waals surface area contributed by atoms with Crippen molar-refractivity contribution in [2.45, 2.75) is 26.2 Å². The van der Waals surface area contributed by atoms with Gasteiger partial charge >= 0.3 is 5.97 Å². The molecule has 0 spiro atoms. The summed E-state index contributed by atoms with van der Waals surface area (Å²) in [7, 11) is 0. The minimum absolute atomic E-state index is 0.0619. The van der Waals surface area contributed by atoms with E-state index in [1.807, 2.05) is 36.1 Å². The Morgan fingerprint density at radius 3 is 2.47 bits per heavy atom. The lowest BCUT2D eigenvalue weighted by atomic mass is 9.93. The first-order valence-corrected chi connectivity index (χ1v) is 6.64. The van der Waals surface area contributed by atoms with E-state index in [1.54, 1.807) is 0 Å². The van der Waals surface area contributed by atoms with E-state index < -0.39 is 5.97 Å². The molecular weight excluding hydrogens is 242 g/mol. The first-order chi connectivity index (χ1) is 9.08. The summed E-state index contributed by atoms with van der Waals surface area (Å²) in [4.78, 5) is 24.9. The summed E-state index contributed by atoms with van der Waals surface area (Å²) in [5.41, 5.74) is 1.74. The van der Waals surface area contributed by atoms with Crippen LogP contribution in [0.4, 0.5) is 0 Å². The average molecular weight is 261 g/mol. The molecule has 1 fully saturated rings. The van der Waals surface area contributed by atoms with Crippen LogP contribution >= 0.6 is 0 Å². The quantitative estimate of drug-likeness (QED) is 0.908. The van der Waals surface area contributed by atoms with E-state index in [2.05, 4.69) is 0 Å². The summed E-state index contributed by atoms with van der Waals surface area (Å²) in [6.07, 6.45) is 1.78. The lowest BCUT2D eigenvalue weighted by Gasteiger charge is -2.31. The fraction of sp³-hybridized carbons (Fsp3) is 0.467. The van der Waals surface area contributed by atoms with Crippen molar-refractivity contribution < 1.29 is 14.7 Å². The largest absolute Gasteiger partial charge is 0.481 e. The van der Waals surface area contributed by atoms with Crippen LogP contribution in [-0.2, 0) is 4.79 Å². The lowest BCUT2D eigenvalue weighted by Crippen LogP contribution is -2.39. The molecule has 2 rings (SSSR count). The van der Waals surface area contributed by atoms with Gasteiger partial charge in [0.05, 0.1) is 0 Å². The van der Waals surface area contributed by atoms with Crippen molar-refractivity contribution in [2.75, 3.05) is 13.1 Å². The number of rotatable bonds is 3. The number of nitrogens with zero attached hydrogens (tertiary/aromatic N) is 1. The monoisotopic (exact) mass is 261 g/mol. The third-order valence-electron chi connectivity index (χ3n) is 3.74. The van der Waals surface area contributed by atoms with Crippen molar-refractivity contribution in [1.82, 2.24) is 4.90 Å².